The van der Waals surface area contributed by atoms with Crippen LogP contribution in [0.25, 0.3) is 0 Å². The van der Waals surface area contributed by atoms with E-state index in [0.29, 0.717) is 23.5 Å². The summed E-state index contributed by atoms with van der Waals surface area (Å²) in [5, 5.41) is 4.19. The monoisotopic (exact) mass is 517 g/mol. The highest BCUT2D eigenvalue weighted by Crippen LogP contribution is 2.27. The molecule has 0 spiro atoms. The van der Waals surface area contributed by atoms with Crippen LogP contribution < -0.4 is 5.32 Å². The number of rotatable bonds is 5. The zero-order chi connectivity index (χ0) is 19.2. The Morgan fingerprint density at radius 2 is 2.29 bits per heavy atom. The second-order valence-corrected chi connectivity index (χ2v) is 7.43. The van der Waals surface area contributed by atoms with E-state index < -0.39 is 0 Å². The van der Waals surface area contributed by atoms with Gasteiger partial charge in [0.2, 0.25) is 0 Å². The van der Waals surface area contributed by atoms with Gasteiger partial charge in [0, 0.05) is 51.2 Å². The summed E-state index contributed by atoms with van der Waals surface area (Å²) in [5.41, 5.74) is 1.05. The average molecular weight is 518 g/mol. The first-order valence-corrected chi connectivity index (χ1v) is 9.71. The molecular weight excluding hydrogens is 489 g/mol. The van der Waals surface area contributed by atoms with Crippen molar-refractivity contribution in [1.82, 2.24) is 19.8 Å². The zero-order valence-corrected chi connectivity index (χ0v) is 19.7. The number of guanidine groups is 1. The minimum absolute atomic E-state index is 0. The minimum Gasteiger partial charge on any atom is -0.375 e. The van der Waals surface area contributed by atoms with Crippen LogP contribution in [-0.4, -0.2) is 54.2 Å². The van der Waals surface area contributed by atoms with Crippen LogP contribution in [-0.2, 0) is 4.74 Å². The number of hydrogen-bond acceptors (Lipinski definition) is 3. The molecule has 2 aromatic rings. The summed E-state index contributed by atoms with van der Waals surface area (Å²) in [6.45, 7) is 4.83. The molecule has 0 radical (unpaired) electrons. The van der Waals surface area contributed by atoms with Gasteiger partial charge in [-0.25, -0.2) is 4.98 Å². The maximum atomic E-state index is 6.12. The molecular formula is C20H29ClIN5O. The number of ether oxygens (including phenoxy) is 1. The Hall–Kier alpha value is -1.32. The number of halogens is 2. The molecule has 1 aromatic carbocycles. The third-order valence-corrected chi connectivity index (χ3v) is 5.52. The van der Waals surface area contributed by atoms with Crippen molar-refractivity contribution in [2.45, 2.75) is 25.5 Å². The second kappa shape index (κ2) is 11.0. The normalized spacial score (nSPS) is 21.1. The van der Waals surface area contributed by atoms with E-state index in [9.17, 15) is 0 Å². The summed E-state index contributed by atoms with van der Waals surface area (Å²) < 4.78 is 7.87. The standard InChI is InChI=1S/C20H28ClN5O.HI/c1-15-7-9-25(13-18(15)26-10-8-23-14-26)20(22-2)24-12-19(27-3)16-5-4-6-17(21)11-16;/h4-6,8,10-11,14-15,18-19H,7,9,12-13H2,1-3H3,(H,22,24);1H. The molecule has 1 N–H and O–H groups in total. The molecule has 3 rings (SSSR count). The maximum Gasteiger partial charge on any atom is 0.193 e. The van der Waals surface area contributed by atoms with Crippen LogP contribution in [0.1, 0.15) is 31.1 Å². The van der Waals surface area contributed by atoms with Gasteiger partial charge in [-0.2, -0.15) is 0 Å². The van der Waals surface area contributed by atoms with E-state index in [2.05, 4.69) is 31.7 Å². The number of hydrogen-bond donors (Lipinski definition) is 1. The van der Waals surface area contributed by atoms with E-state index in [1.807, 2.05) is 50.0 Å². The molecule has 1 saturated heterocycles. The lowest BCUT2D eigenvalue weighted by molar-refractivity contribution is 0.105. The molecule has 1 aromatic heterocycles. The highest BCUT2D eigenvalue weighted by Gasteiger charge is 2.29. The Balaban J connectivity index is 0.00000280. The third-order valence-electron chi connectivity index (χ3n) is 5.29. The van der Waals surface area contributed by atoms with E-state index in [-0.39, 0.29) is 30.1 Å². The smallest absolute Gasteiger partial charge is 0.193 e. The predicted molar refractivity (Wildman–Crippen MR) is 125 cm³/mol. The van der Waals surface area contributed by atoms with Crippen LogP contribution in [0.2, 0.25) is 5.02 Å². The molecule has 3 unspecified atom stereocenters. The Morgan fingerprint density at radius 1 is 1.46 bits per heavy atom. The van der Waals surface area contributed by atoms with E-state index in [1.165, 1.54) is 0 Å². The van der Waals surface area contributed by atoms with Gasteiger partial charge in [0.05, 0.1) is 18.5 Å². The van der Waals surface area contributed by atoms with Gasteiger partial charge in [-0.3, -0.25) is 4.99 Å². The van der Waals surface area contributed by atoms with Crippen molar-refractivity contribution in [3.05, 3.63) is 53.6 Å². The van der Waals surface area contributed by atoms with Crippen molar-refractivity contribution in [3.8, 4) is 0 Å². The number of nitrogens with zero attached hydrogens (tertiary/aromatic N) is 4. The molecule has 0 saturated carbocycles. The zero-order valence-electron chi connectivity index (χ0n) is 16.6. The first-order valence-electron chi connectivity index (χ1n) is 9.33. The van der Waals surface area contributed by atoms with Crippen molar-refractivity contribution in [3.63, 3.8) is 0 Å². The lowest BCUT2D eigenvalue weighted by atomic mass is 9.93. The van der Waals surface area contributed by atoms with E-state index in [4.69, 9.17) is 16.3 Å². The molecule has 3 atom stereocenters. The van der Waals surface area contributed by atoms with Gasteiger partial charge in [0.15, 0.2) is 5.96 Å². The quantitative estimate of drug-likeness (QED) is 0.370. The second-order valence-electron chi connectivity index (χ2n) is 7.00. The first kappa shape index (κ1) is 23.0. The SMILES string of the molecule is CN=C(NCC(OC)c1cccc(Cl)c1)N1CCC(C)C(n2ccnc2)C1.I. The summed E-state index contributed by atoms with van der Waals surface area (Å²) in [6, 6.07) is 8.18. The van der Waals surface area contributed by atoms with Crippen LogP contribution in [0, 0.1) is 5.92 Å². The molecule has 8 heteroatoms. The van der Waals surface area contributed by atoms with Gasteiger partial charge in [-0.05, 0) is 30.0 Å². The number of piperidine rings is 1. The molecule has 0 aliphatic carbocycles. The maximum absolute atomic E-state index is 6.12. The molecule has 6 nitrogen and oxygen atoms in total. The summed E-state index contributed by atoms with van der Waals surface area (Å²) in [6.07, 6.45) is 6.81. The number of nitrogens with one attached hydrogen (secondary N) is 1. The fourth-order valence-corrected chi connectivity index (χ4v) is 3.85. The summed E-state index contributed by atoms with van der Waals surface area (Å²) in [7, 11) is 3.54. The highest BCUT2D eigenvalue weighted by atomic mass is 127. The van der Waals surface area contributed by atoms with Crippen LogP contribution >= 0.6 is 35.6 Å². The highest BCUT2D eigenvalue weighted by molar-refractivity contribution is 14.0. The molecule has 0 amide bonds. The molecule has 1 aliphatic rings. The first-order chi connectivity index (χ1) is 13.1. The number of benzene rings is 1. The lowest BCUT2D eigenvalue weighted by Crippen LogP contribution is -2.49. The van der Waals surface area contributed by atoms with Crippen molar-refractivity contribution < 1.29 is 4.74 Å². The van der Waals surface area contributed by atoms with E-state index in [1.54, 1.807) is 7.11 Å². The fraction of sp³-hybridized carbons (Fsp3) is 0.500. The lowest BCUT2D eigenvalue weighted by Gasteiger charge is -2.39. The van der Waals surface area contributed by atoms with E-state index in [0.717, 1.165) is 31.0 Å². The molecule has 2 heterocycles. The largest absolute Gasteiger partial charge is 0.375 e. The summed E-state index contributed by atoms with van der Waals surface area (Å²) in [4.78, 5) is 11.0. The van der Waals surface area contributed by atoms with Gasteiger partial charge >= 0.3 is 0 Å². The Labute approximate surface area is 189 Å². The molecule has 0 bridgehead atoms. The number of aliphatic imine (C=N–C) groups is 1. The topological polar surface area (TPSA) is 54.7 Å². The Morgan fingerprint density at radius 3 is 2.93 bits per heavy atom. The Kier molecular flexibility index (Phi) is 9.04. The molecule has 1 fully saturated rings. The van der Waals surface area contributed by atoms with Crippen molar-refractivity contribution in [1.29, 1.82) is 0 Å². The Bertz CT molecular complexity index is 755. The number of methoxy groups -OCH3 is 1. The van der Waals surface area contributed by atoms with Crippen molar-refractivity contribution in [2.24, 2.45) is 10.9 Å². The van der Waals surface area contributed by atoms with Gasteiger partial charge in [0.25, 0.3) is 0 Å². The van der Waals surface area contributed by atoms with Gasteiger partial charge < -0.3 is 19.5 Å². The minimum atomic E-state index is -0.0893. The van der Waals surface area contributed by atoms with Gasteiger partial charge in [0.1, 0.15) is 0 Å². The summed E-state index contributed by atoms with van der Waals surface area (Å²) >= 11 is 6.12. The van der Waals surface area contributed by atoms with Crippen LogP contribution in [0.5, 0.6) is 0 Å². The number of imidazole rings is 1. The third kappa shape index (κ3) is 5.61. The van der Waals surface area contributed by atoms with Crippen molar-refractivity contribution in [2.75, 3.05) is 33.8 Å². The predicted octanol–water partition coefficient (Wildman–Crippen LogP) is 4.00. The van der Waals surface area contributed by atoms with Crippen LogP contribution in [0.3, 0.4) is 0 Å². The fourth-order valence-electron chi connectivity index (χ4n) is 3.66. The van der Waals surface area contributed by atoms with Crippen molar-refractivity contribution >= 4 is 41.5 Å². The van der Waals surface area contributed by atoms with Gasteiger partial charge in [-0.1, -0.05) is 30.7 Å². The molecule has 1 aliphatic heterocycles. The van der Waals surface area contributed by atoms with Crippen LogP contribution in [0.4, 0.5) is 0 Å². The molecule has 28 heavy (non-hydrogen) atoms. The number of aromatic nitrogens is 2. The number of likely N-dealkylation sites (tertiary alicyclic amines) is 1. The summed E-state index contributed by atoms with van der Waals surface area (Å²) in [5.74, 6) is 1.50. The van der Waals surface area contributed by atoms with Crippen LogP contribution in [0.15, 0.2) is 48.0 Å². The van der Waals surface area contributed by atoms with Gasteiger partial charge in [-0.15, -0.1) is 24.0 Å². The molecule has 154 valence electrons. The average Bonchev–Trinajstić information content (AvgIpc) is 3.21. The van der Waals surface area contributed by atoms with E-state index >= 15 is 0 Å².